The zero-order valence-corrected chi connectivity index (χ0v) is 13.3. The maximum atomic E-state index is 11.6. The van der Waals surface area contributed by atoms with Crippen LogP contribution in [0.4, 0.5) is 5.69 Å². The Kier molecular flexibility index (Phi) is 3.88. The average molecular weight is 359 g/mol. The van der Waals surface area contributed by atoms with Gasteiger partial charge in [-0.3, -0.25) is 9.59 Å². The van der Waals surface area contributed by atoms with Crippen LogP contribution < -0.4 is 5.32 Å². The Morgan fingerprint density at radius 3 is 2.38 bits per heavy atom. The van der Waals surface area contributed by atoms with Crippen molar-refractivity contribution in [1.29, 1.82) is 0 Å². The first kappa shape index (κ1) is 14.7. The molecule has 21 heavy (non-hydrogen) atoms. The summed E-state index contributed by atoms with van der Waals surface area (Å²) in [5.41, 5.74) is 0.738. The zero-order chi connectivity index (χ0) is 15.1. The molecular formula is C14H6Cl3NO2S. The second-order valence-corrected chi connectivity index (χ2v) is 6.62. The van der Waals surface area contributed by atoms with Gasteiger partial charge in [0.05, 0.1) is 21.3 Å². The van der Waals surface area contributed by atoms with Crippen molar-refractivity contribution in [3.63, 3.8) is 0 Å². The molecule has 0 saturated carbocycles. The van der Waals surface area contributed by atoms with E-state index in [-0.39, 0.29) is 5.56 Å². The summed E-state index contributed by atoms with van der Waals surface area (Å²) in [7, 11) is 0. The van der Waals surface area contributed by atoms with Crippen LogP contribution in [0.5, 0.6) is 0 Å². The predicted molar refractivity (Wildman–Crippen MR) is 85.0 cm³/mol. The van der Waals surface area contributed by atoms with Crippen LogP contribution in [0.2, 0.25) is 15.1 Å². The summed E-state index contributed by atoms with van der Waals surface area (Å²) >= 11 is 19.6. The average Bonchev–Trinajstić information content (AvgIpc) is 2.70. The molecule has 0 unspecified atom stereocenters. The molecule has 0 bridgehead atoms. The quantitative estimate of drug-likeness (QED) is 0.774. The summed E-state index contributed by atoms with van der Waals surface area (Å²) in [6.45, 7) is 0. The second-order valence-electron chi connectivity index (χ2n) is 4.29. The summed E-state index contributed by atoms with van der Waals surface area (Å²) in [4.78, 5) is 24.4. The lowest BCUT2D eigenvalue weighted by atomic mass is 10.1. The summed E-state index contributed by atoms with van der Waals surface area (Å²) in [5, 5.41) is 3.98. The minimum atomic E-state index is -0.649. The molecule has 0 saturated heterocycles. The highest BCUT2D eigenvalue weighted by molar-refractivity contribution is 7.99. The third-order valence-corrected chi connectivity index (χ3v) is 5.10. The number of hydrogen-bond acceptors (Lipinski definition) is 3. The molecule has 0 aromatic heterocycles. The highest BCUT2D eigenvalue weighted by Gasteiger charge is 2.29. The highest BCUT2D eigenvalue weighted by Crippen LogP contribution is 2.41. The van der Waals surface area contributed by atoms with Crippen LogP contribution in [0, 0.1) is 0 Å². The molecule has 106 valence electrons. The molecule has 2 aromatic carbocycles. The van der Waals surface area contributed by atoms with E-state index in [0.717, 1.165) is 4.90 Å². The number of amides is 1. The monoisotopic (exact) mass is 357 g/mol. The van der Waals surface area contributed by atoms with Gasteiger partial charge in [0.1, 0.15) is 0 Å². The first-order chi connectivity index (χ1) is 9.95. The van der Waals surface area contributed by atoms with Gasteiger partial charge in [-0.1, -0.05) is 46.6 Å². The van der Waals surface area contributed by atoms with Gasteiger partial charge in [-0.25, -0.2) is 0 Å². The molecule has 1 N–H and O–H groups in total. The van der Waals surface area contributed by atoms with Crippen molar-refractivity contribution in [3.8, 4) is 0 Å². The zero-order valence-electron chi connectivity index (χ0n) is 10.2. The molecule has 0 spiro atoms. The number of carbonyl (C=O) groups excluding carboxylic acids is 2. The van der Waals surface area contributed by atoms with Crippen LogP contribution in [0.1, 0.15) is 10.4 Å². The number of hydrogen-bond donors (Lipinski definition) is 1. The molecule has 1 aliphatic heterocycles. The Balaban J connectivity index is 2.01. The Morgan fingerprint density at radius 1 is 0.905 bits per heavy atom. The molecule has 7 heteroatoms. The van der Waals surface area contributed by atoms with Gasteiger partial charge >= 0.3 is 0 Å². The van der Waals surface area contributed by atoms with E-state index in [9.17, 15) is 9.59 Å². The lowest BCUT2D eigenvalue weighted by Crippen LogP contribution is -2.12. The van der Waals surface area contributed by atoms with Crippen LogP contribution in [0.3, 0.4) is 0 Å². The Hall–Kier alpha value is -1.20. The van der Waals surface area contributed by atoms with Gasteiger partial charge < -0.3 is 5.32 Å². The fourth-order valence-electron chi connectivity index (χ4n) is 1.90. The maximum Gasteiger partial charge on any atom is 0.296 e. The molecule has 1 amide bonds. The Labute approximate surface area is 139 Å². The third kappa shape index (κ3) is 2.77. The smallest absolute Gasteiger partial charge is 0.296 e. The number of fused-ring (bicyclic) bond motifs is 1. The van der Waals surface area contributed by atoms with Crippen molar-refractivity contribution in [3.05, 3.63) is 51.0 Å². The maximum absolute atomic E-state index is 11.6. The molecule has 0 radical (unpaired) electrons. The lowest BCUT2D eigenvalue weighted by molar-refractivity contribution is -0.112. The molecule has 1 aliphatic rings. The fourth-order valence-corrected chi connectivity index (χ4v) is 3.57. The lowest BCUT2D eigenvalue weighted by Gasteiger charge is -2.08. The van der Waals surface area contributed by atoms with E-state index < -0.39 is 11.7 Å². The van der Waals surface area contributed by atoms with E-state index in [4.69, 9.17) is 34.8 Å². The first-order valence-corrected chi connectivity index (χ1v) is 7.73. The number of rotatable bonds is 2. The van der Waals surface area contributed by atoms with Crippen molar-refractivity contribution in [2.75, 3.05) is 5.32 Å². The summed E-state index contributed by atoms with van der Waals surface area (Å²) in [6, 6.07) is 8.25. The molecule has 2 aromatic rings. The normalized spacial score (nSPS) is 13.3. The number of halogens is 3. The number of anilines is 1. The third-order valence-electron chi connectivity index (χ3n) is 2.88. The van der Waals surface area contributed by atoms with Crippen molar-refractivity contribution < 1.29 is 9.59 Å². The largest absolute Gasteiger partial charge is 0.318 e. The summed E-state index contributed by atoms with van der Waals surface area (Å²) in [5.74, 6) is -1.23. The van der Waals surface area contributed by atoms with Crippen molar-refractivity contribution in [1.82, 2.24) is 0 Å². The predicted octanol–water partition coefficient (Wildman–Crippen LogP) is 4.93. The van der Waals surface area contributed by atoms with E-state index >= 15 is 0 Å². The fraction of sp³-hybridized carbons (Fsp3) is 0. The van der Waals surface area contributed by atoms with Crippen LogP contribution in [-0.4, -0.2) is 11.7 Å². The molecule has 3 rings (SSSR count). The topological polar surface area (TPSA) is 46.2 Å². The van der Waals surface area contributed by atoms with Crippen molar-refractivity contribution in [2.24, 2.45) is 0 Å². The molecule has 1 heterocycles. The van der Waals surface area contributed by atoms with Gasteiger partial charge in [-0.15, -0.1) is 0 Å². The standard InChI is InChI=1S/C14H6Cl3NO2S/c15-6-1-2-8(16)11(3-6)21-12-5-10-7(4-9(12)17)13(19)14(20)18-10/h1-5H,(H,18,19,20). The second kappa shape index (κ2) is 5.54. The molecular weight excluding hydrogens is 353 g/mol. The molecule has 0 atom stereocenters. The first-order valence-electron chi connectivity index (χ1n) is 5.78. The van der Waals surface area contributed by atoms with E-state index in [1.807, 2.05) is 0 Å². The van der Waals surface area contributed by atoms with Crippen molar-refractivity contribution >= 4 is 63.9 Å². The molecule has 0 fully saturated rings. The summed E-state index contributed by atoms with van der Waals surface area (Å²) in [6.07, 6.45) is 0. The minimum Gasteiger partial charge on any atom is -0.318 e. The van der Waals surface area contributed by atoms with Crippen LogP contribution in [-0.2, 0) is 4.79 Å². The van der Waals surface area contributed by atoms with Crippen LogP contribution in [0.25, 0.3) is 0 Å². The molecule has 3 nitrogen and oxygen atoms in total. The minimum absolute atomic E-state index is 0.284. The Morgan fingerprint density at radius 2 is 1.62 bits per heavy atom. The number of benzene rings is 2. The van der Waals surface area contributed by atoms with Gasteiger partial charge in [-0.2, -0.15) is 0 Å². The van der Waals surface area contributed by atoms with Crippen LogP contribution in [0.15, 0.2) is 40.1 Å². The van der Waals surface area contributed by atoms with E-state index in [1.54, 1.807) is 24.3 Å². The molecule has 0 aliphatic carbocycles. The SMILES string of the molecule is O=C1Nc2cc(Sc3cc(Cl)ccc3Cl)c(Cl)cc2C1=O. The van der Waals surface area contributed by atoms with E-state index in [1.165, 1.54) is 17.8 Å². The van der Waals surface area contributed by atoms with Gasteiger partial charge in [0.25, 0.3) is 11.7 Å². The highest BCUT2D eigenvalue weighted by atomic mass is 35.5. The van der Waals surface area contributed by atoms with Gasteiger partial charge in [0.2, 0.25) is 0 Å². The van der Waals surface area contributed by atoms with Gasteiger partial charge in [-0.05, 0) is 30.3 Å². The Bertz CT molecular complexity index is 792. The van der Waals surface area contributed by atoms with Crippen LogP contribution >= 0.6 is 46.6 Å². The van der Waals surface area contributed by atoms with Gasteiger partial charge in [0.15, 0.2) is 0 Å². The summed E-state index contributed by atoms with van der Waals surface area (Å²) < 4.78 is 0. The van der Waals surface area contributed by atoms with Gasteiger partial charge in [0, 0.05) is 14.8 Å². The van der Waals surface area contributed by atoms with E-state index in [2.05, 4.69) is 5.32 Å². The number of carbonyl (C=O) groups is 2. The number of ketones is 1. The van der Waals surface area contributed by atoms with Crippen molar-refractivity contribution in [2.45, 2.75) is 9.79 Å². The number of nitrogens with one attached hydrogen (secondary N) is 1. The number of Topliss-reactive ketones (excluding diaryl/α,β-unsaturated/α-hetero) is 1. The van der Waals surface area contributed by atoms with E-state index in [0.29, 0.717) is 25.7 Å².